The van der Waals surface area contributed by atoms with Crippen molar-refractivity contribution in [1.82, 2.24) is 28.9 Å². The molecule has 5 saturated heterocycles. The molecule has 11 rings (SSSR count). The van der Waals surface area contributed by atoms with Gasteiger partial charge in [-0.25, -0.2) is 0 Å². The molecule has 0 radical (unpaired) electrons. The second-order valence-corrected chi connectivity index (χ2v) is 24.6. The van der Waals surface area contributed by atoms with Crippen LogP contribution in [0.25, 0.3) is 0 Å². The number of aliphatic imine (C=N–C) groups is 3. The molecule has 17 heteroatoms. The van der Waals surface area contributed by atoms with Gasteiger partial charge in [0.05, 0.1) is 23.5 Å². The number of nitrogens with zero attached hydrogens (tertiary/aromatic N) is 8. The van der Waals surface area contributed by atoms with Crippen molar-refractivity contribution in [3.05, 3.63) is 89.5 Å². The predicted molar refractivity (Wildman–Crippen MR) is 328 cm³/mol. The molecule has 0 aromatic heterocycles. The van der Waals surface area contributed by atoms with Crippen molar-refractivity contribution in [1.29, 1.82) is 0 Å². The maximum atomic E-state index is 11.7. The number of amides is 2. The van der Waals surface area contributed by atoms with Crippen LogP contribution in [-0.2, 0) is 33.6 Å². The van der Waals surface area contributed by atoms with E-state index in [9.17, 15) is 14.4 Å². The minimum absolute atomic E-state index is 0.148. The van der Waals surface area contributed by atoms with Crippen LogP contribution in [0.15, 0.2) is 87.8 Å². The van der Waals surface area contributed by atoms with Gasteiger partial charge in [0.15, 0.2) is 0 Å². The van der Waals surface area contributed by atoms with Crippen LogP contribution < -0.4 is 5.32 Å². The average molecular weight is 1110 g/mol. The van der Waals surface area contributed by atoms with E-state index < -0.39 is 5.97 Å². The fourth-order valence-corrected chi connectivity index (χ4v) is 13.6. The zero-order valence-corrected chi connectivity index (χ0v) is 50.3. The zero-order chi connectivity index (χ0) is 53.8. The number of fused-ring (bicyclic) bond motifs is 3. The first-order chi connectivity index (χ1) is 36.8. The van der Waals surface area contributed by atoms with Crippen LogP contribution in [-0.4, -0.2) is 134 Å². The minimum Gasteiger partial charge on any atom is -0.481 e. The molecule has 0 bridgehead atoms. The average Bonchev–Trinajstić information content (AvgIpc) is 4.16. The summed E-state index contributed by atoms with van der Waals surface area (Å²) in [6, 6.07) is 27.8. The summed E-state index contributed by atoms with van der Waals surface area (Å²) >= 11 is 0. The van der Waals surface area contributed by atoms with Crippen molar-refractivity contribution in [3.63, 3.8) is 0 Å². The molecule has 8 aliphatic rings. The summed E-state index contributed by atoms with van der Waals surface area (Å²) in [5.41, 5.74) is 11.6. The molecule has 13 nitrogen and oxygen atoms in total. The Kier molecular flexibility index (Phi) is 24.9. The first-order valence-electron chi connectivity index (χ1n) is 28.5. The van der Waals surface area contributed by atoms with E-state index in [1.54, 1.807) is 14.0 Å². The summed E-state index contributed by atoms with van der Waals surface area (Å²) < 4.78 is 9.13. The summed E-state index contributed by atoms with van der Waals surface area (Å²) in [5, 5.41) is 11.2. The highest BCUT2D eigenvalue weighted by Crippen LogP contribution is 2.34. The van der Waals surface area contributed by atoms with E-state index >= 15 is 0 Å². The second-order valence-electron chi connectivity index (χ2n) is 21.9. The first kappa shape index (κ1) is 60.3. The second kappa shape index (κ2) is 31.4. The number of aliphatic carboxylic acids is 1. The third-order valence-corrected chi connectivity index (χ3v) is 19.0. The molecular weight excluding hydrogens is 1020 g/mol. The summed E-state index contributed by atoms with van der Waals surface area (Å²) in [5.74, 6) is -0.334. The van der Waals surface area contributed by atoms with Crippen LogP contribution in [0.1, 0.15) is 152 Å². The Morgan fingerprint density at radius 3 is 1.16 bits per heavy atom. The van der Waals surface area contributed by atoms with Gasteiger partial charge >= 0.3 is 5.97 Å². The van der Waals surface area contributed by atoms with Gasteiger partial charge in [-0.05, 0) is 106 Å². The van der Waals surface area contributed by atoms with Crippen LogP contribution in [0.3, 0.4) is 0 Å². The lowest BCUT2D eigenvalue weighted by Gasteiger charge is -2.35. The van der Waals surface area contributed by atoms with Gasteiger partial charge in [0.2, 0.25) is 11.8 Å². The predicted octanol–water partition coefficient (Wildman–Crippen LogP) is 11.7. The quantitative estimate of drug-likeness (QED) is 0.192. The van der Waals surface area contributed by atoms with Gasteiger partial charge in [0, 0.05) is 139 Å². The SMILES string of the molecule is CC(=O)N1CCCCC1CC1=Nc2ccccc2C1.CNC(=O)CC1CCCCN1P.O=C(O)CC1CCCCN1P.PN1CCCCC1CC1=Nc2ccccc2C1.PN1CCCCC1CC1=Nc2ccccc2C1. The van der Waals surface area contributed by atoms with E-state index in [4.69, 9.17) is 20.1 Å². The van der Waals surface area contributed by atoms with E-state index in [2.05, 4.69) is 128 Å². The first-order valence-corrected chi connectivity index (χ1v) is 30.6. The van der Waals surface area contributed by atoms with Crippen LogP contribution in [0.2, 0.25) is 0 Å². The molecule has 8 heterocycles. The smallest absolute Gasteiger partial charge is 0.304 e. The topological polar surface area (TPSA) is 137 Å². The van der Waals surface area contributed by atoms with Gasteiger partial charge in [0.25, 0.3) is 0 Å². The highest BCUT2D eigenvalue weighted by atomic mass is 31.0. The fraction of sp³-hybridized carbons (Fsp3) is 0.593. The lowest BCUT2D eigenvalue weighted by atomic mass is 9.95. The molecule has 0 spiro atoms. The number of nitrogens with one attached hydrogen (secondary N) is 1. The number of carboxylic acids is 1. The van der Waals surface area contributed by atoms with Crippen molar-refractivity contribution < 1.29 is 19.5 Å². The zero-order valence-electron chi connectivity index (χ0n) is 45.7. The van der Waals surface area contributed by atoms with E-state index in [1.165, 1.54) is 129 Å². The van der Waals surface area contributed by atoms with Crippen molar-refractivity contribution >= 4 is 89.5 Å². The van der Waals surface area contributed by atoms with Gasteiger partial charge in [-0.15, -0.1) is 0 Å². The molecule has 3 aromatic rings. The number of likely N-dealkylation sites (tertiary alicyclic amines) is 1. The van der Waals surface area contributed by atoms with E-state index in [1.807, 2.05) is 11.0 Å². The highest BCUT2D eigenvalue weighted by Gasteiger charge is 2.29. The molecule has 9 unspecified atom stereocenters. The van der Waals surface area contributed by atoms with Gasteiger partial charge in [-0.1, -0.05) is 118 Å². The Hall–Kier alpha value is -3.36. The number of para-hydroxylation sites is 3. The highest BCUT2D eigenvalue weighted by molar-refractivity contribution is 7.13. The molecule has 8 aliphatic heterocycles. The number of piperidine rings is 5. The van der Waals surface area contributed by atoms with Crippen molar-refractivity contribution in [2.24, 2.45) is 15.0 Å². The standard InChI is InChI=1S/C16H20N2O.2C14H19N2P.C8H17N2OP.C7H14NO2P/c1-12(19)18-9-5-4-7-15(18)11-14-10-13-6-2-3-8-16(13)17-14;2*17-16-8-4-3-6-13(16)10-12-9-11-5-1-2-7-14(11)15-12;1-9-8(11)6-7-4-2-3-5-10(7)12;9-7(10)5-6-3-1-2-4-8(6)11/h2-3,6,8,15H,4-5,7,9-11H2,1H3;2*1-2,5,7,13H,3-4,6,8-10,17H2;7H,2-6,12H2,1H3,(H,9,11);6H,1-5,11H2,(H,9,10). The fourth-order valence-electron chi connectivity index (χ4n) is 11.9. The van der Waals surface area contributed by atoms with Crippen molar-refractivity contribution in [3.8, 4) is 0 Å². The van der Waals surface area contributed by atoms with Crippen LogP contribution in [0, 0.1) is 0 Å². The molecule has 2 N–H and O–H groups in total. The van der Waals surface area contributed by atoms with Gasteiger partial charge in [-0.3, -0.25) is 48.0 Å². The molecule has 0 aliphatic carbocycles. The van der Waals surface area contributed by atoms with Crippen LogP contribution >= 0.6 is 37.6 Å². The van der Waals surface area contributed by atoms with Gasteiger partial charge < -0.3 is 15.3 Å². The lowest BCUT2D eigenvalue weighted by Crippen LogP contribution is -2.43. The molecule has 76 heavy (non-hydrogen) atoms. The number of benzene rings is 3. The lowest BCUT2D eigenvalue weighted by molar-refractivity contribution is -0.138. The number of rotatable bonds is 10. The Balaban J connectivity index is 0.000000140. The summed E-state index contributed by atoms with van der Waals surface area (Å²) in [6.45, 7) is 7.16. The largest absolute Gasteiger partial charge is 0.481 e. The number of hydrogen-bond donors (Lipinski definition) is 2. The minimum atomic E-state index is -0.690. The molecule has 414 valence electrons. The van der Waals surface area contributed by atoms with Crippen LogP contribution in [0.5, 0.6) is 0 Å². The molecule has 2 amide bonds. The molecule has 0 saturated carbocycles. The molecular formula is C59H89N9O4P4. The van der Waals surface area contributed by atoms with E-state index in [-0.39, 0.29) is 24.3 Å². The third-order valence-electron chi connectivity index (χ3n) is 16.2. The number of hydrogen-bond acceptors (Lipinski definition) is 10. The summed E-state index contributed by atoms with van der Waals surface area (Å²) in [6.07, 6.45) is 25.8. The normalized spacial score (nSPS) is 24.4. The monoisotopic (exact) mass is 1110 g/mol. The van der Waals surface area contributed by atoms with Gasteiger partial charge in [-0.2, -0.15) is 0 Å². The van der Waals surface area contributed by atoms with E-state index in [0.29, 0.717) is 30.6 Å². The number of carbonyl (C=O) groups is 3. The van der Waals surface area contributed by atoms with E-state index in [0.717, 1.165) is 89.5 Å². The van der Waals surface area contributed by atoms with Crippen LogP contribution in [0.4, 0.5) is 17.1 Å². The maximum Gasteiger partial charge on any atom is 0.304 e. The number of carboxylic acid groups (broad SMARTS) is 1. The maximum absolute atomic E-state index is 11.7. The molecule has 9 atom stereocenters. The summed E-state index contributed by atoms with van der Waals surface area (Å²) in [4.78, 5) is 49.4. The molecule has 3 aromatic carbocycles. The Bertz CT molecular complexity index is 2370. The molecule has 5 fully saturated rings. The Labute approximate surface area is 464 Å². The van der Waals surface area contributed by atoms with Gasteiger partial charge in [0.1, 0.15) is 0 Å². The Morgan fingerprint density at radius 1 is 0.487 bits per heavy atom. The number of carbonyl (C=O) groups excluding carboxylic acids is 2. The Morgan fingerprint density at radius 2 is 0.816 bits per heavy atom. The third kappa shape index (κ3) is 18.9. The van der Waals surface area contributed by atoms with Crippen molar-refractivity contribution in [2.45, 2.75) is 185 Å². The van der Waals surface area contributed by atoms with Crippen molar-refractivity contribution in [2.75, 3.05) is 39.8 Å². The summed E-state index contributed by atoms with van der Waals surface area (Å²) in [7, 11) is 12.8.